The van der Waals surface area contributed by atoms with E-state index in [1.165, 1.54) is 30.0 Å². The predicted molar refractivity (Wildman–Crippen MR) is 98.2 cm³/mol. The summed E-state index contributed by atoms with van der Waals surface area (Å²) >= 11 is 0. The van der Waals surface area contributed by atoms with Crippen LogP contribution >= 0.6 is 0 Å². The first-order valence-corrected chi connectivity index (χ1v) is 9.04. The molecule has 130 valence electrons. The van der Waals surface area contributed by atoms with Gasteiger partial charge in [-0.3, -0.25) is 4.90 Å². The smallest absolute Gasteiger partial charge is 0.123 e. The molecule has 2 bridgehead atoms. The van der Waals surface area contributed by atoms with Gasteiger partial charge in [-0.2, -0.15) is 0 Å². The third kappa shape index (κ3) is 3.47. The van der Waals surface area contributed by atoms with Gasteiger partial charge in [0.25, 0.3) is 0 Å². The van der Waals surface area contributed by atoms with Crippen LogP contribution in [0.5, 0.6) is 5.75 Å². The molecular formula is C22H24FNO. The standard InChI is InChI=1S/C22H24FNO/c1-25-22-10-7-19(23)14-18(22)11-17-12-20-8-9-21(13-17)24(20)15-16-5-3-2-4-6-16/h2-7,10,12,14,20-21H,8-9,11,13,15H2,1H3. The minimum Gasteiger partial charge on any atom is -0.496 e. The fourth-order valence-electron chi connectivity index (χ4n) is 4.31. The van der Waals surface area contributed by atoms with Gasteiger partial charge in [0.05, 0.1) is 7.11 Å². The number of nitrogens with zero attached hydrogens (tertiary/aromatic N) is 1. The molecule has 2 aromatic rings. The van der Waals surface area contributed by atoms with E-state index in [4.69, 9.17) is 4.74 Å². The summed E-state index contributed by atoms with van der Waals surface area (Å²) in [6.07, 6.45) is 6.74. The molecular weight excluding hydrogens is 313 g/mol. The highest BCUT2D eigenvalue weighted by Crippen LogP contribution is 2.37. The van der Waals surface area contributed by atoms with Gasteiger partial charge in [0.2, 0.25) is 0 Å². The van der Waals surface area contributed by atoms with Crippen molar-refractivity contribution in [1.82, 2.24) is 4.90 Å². The molecule has 0 spiro atoms. The Morgan fingerprint density at radius 1 is 1.12 bits per heavy atom. The summed E-state index contributed by atoms with van der Waals surface area (Å²) in [4.78, 5) is 2.63. The van der Waals surface area contributed by atoms with Crippen LogP contribution < -0.4 is 4.74 Å². The lowest BCUT2D eigenvalue weighted by Crippen LogP contribution is -2.38. The SMILES string of the molecule is COc1ccc(F)cc1CC1=CC2CCC(C1)N2Cc1ccccc1. The van der Waals surface area contributed by atoms with Crippen LogP contribution in [0.2, 0.25) is 0 Å². The summed E-state index contributed by atoms with van der Waals surface area (Å²) in [6.45, 7) is 1.02. The lowest BCUT2D eigenvalue weighted by molar-refractivity contribution is 0.194. The number of fused-ring (bicyclic) bond motifs is 2. The lowest BCUT2D eigenvalue weighted by Gasteiger charge is -2.34. The van der Waals surface area contributed by atoms with Gasteiger partial charge in [0, 0.05) is 24.2 Å². The second-order valence-corrected chi connectivity index (χ2v) is 7.12. The van der Waals surface area contributed by atoms with Crippen LogP contribution in [0.1, 0.15) is 30.4 Å². The molecule has 2 heterocycles. The Kier molecular flexibility index (Phi) is 4.58. The number of hydrogen-bond acceptors (Lipinski definition) is 2. The zero-order chi connectivity index (χ0) is 17.2. The van der Waals surface area contributed by atoms with Gasteiger partial charge in [0.15, 0.2) is 0 Å². The van der Waals surface area contributed by atoms with E-state index in [0.29, 0.717) is 12.1 Å². The van der Waals surface area contributed by atoms with Crippen LogP contribution in [0.25, 0.3) is 0 Å². The quantitative estimate of drug-likeness (QED) is 0.731. The van der Waals surface area contributed by atoms with Crippen LogP contribution in [-0.4, -0.2) is 24.1 Å². The van der Waals surface area contributed by atoms with E-state index in [1.807, 2.05) is 0 Å². The monoisotopic (exact) mass is 337 g/mol. The van der Waals surface area contributed by atoms with Crippen molar-refractivity contribution in [2.24, 2.45) is 0 Å². The lowest BCUT2D eigenvalue weighted by atomic mass is 9.94. The van der Waals surface area contributed by atoms with Gasteiger partial charge < -0.3 is 4.74 Å². The summed E-state index contributed by atoms with van der Waals surface area (Å²) in [5.41, 5.74) is 3.74. The van der Waals surface area contributed by atoms with Crippen LogP contribution in [-0.2, 0) is 13.0 Å². The Morgan fingerprint density at radius 2 is 1.96 bits per heavy atom. The number of ether oxygens (including phenoxy) is 1. The van der Waals surface area contributed by atoms with E-state index in [9.17, 15) is 4.39 Å². The Bertz CT molecular complexity index is 771. The molecule has 0 aromatic heterocycles. The van der Waals surface area contributed by atoms with E-state index in [-0.39, 0.29) is 5.82 Å². The first kappa shape index (κ1) is 16.3. The molecule has 0 aliphatic carbocycles. The average molecular weight is 337 g/mol. The molecule has 2 atom stereocenters. The molecule has 1 saturated heterocycles. The normalized spacial score (nSPS) is 22.7. The van der Waals surface area contributed by atoms with Crippen molar-refractivity contribution in [3.05, 3.63) is 77.1 Å². The van der Waals surface area contributed by atoms with Crippen molar-refractivity contribution in [2.45, 2.75) is 44.3 Å². The highest BCUT2D eigenvalue weighted by atomic mass is 19.1. The number of benzene rings is 2. The fourth-order valence-corrected chi connectivity index (χ4v) is 4.31. The largest absolute Gasteiger partial charge is 0.496 e. The van der Waals surface area contributed by atoms with Crippen LogP contribution in [0.15, 0.2) is 60.2 Å². The second kappa shape index (κ2) is 7.01. The van der Waals surface area contributed by atoms with Crippen molar-refractivity contribution in [1.29, 1.82) is 0 Å². The summed E-state index contributed by atoms with van der Waals surface area (Å²) in [6, 6.07) is 16.6. The minimum absolute atomic E-state index is 0.194. The molecule has 2 aliphatic rings. The van der Waals surface area contributed by atoms with Gasteiger partial charge >= 0.3 is 0 Å². The number of halogens is 1. The highest BCUT2D eigenvalue weighted by Gasteiger charge is 2.36. The molecule has 0 radical (unpaired) electrons. The highest BCUT2D eigenvalue weighted by molar-refractivity contribution is 5.38. The van der Waals surface area contributed by atoms with E-state index in [0.717, 1.165) is 30.7 Å². The van der Waals surface area contributed by atoms with E-state index in [2.05, 4.69) is 41.3 Å². The maximum atomic E-state index is 13.6. The summed E-state index contributed by atoms with van der Waals surface area (Å²) in [7, 11) is 1.65. The zero-order valence-electron chi connectivity index (χ0n) is 14.6. The Morgan fingerprint density at radius 3 is 2.72 bits per heavy atom. The Labute approximate surface area is 148 Å². The van der Waals surface area contributed by atoms with Gasteiger partial charge in [-0.1, -0.05) is 42.0 Å². The van der Waals surface area contributed by atoms with Gasteiger partial charge in [-0.25, -0.2) is 4.39 Å². The number of rotatable bonds is 5. The molecule has 4 rings (SSSR count). The summed E-state index contributed by atoms with van der Waals surface area (Å²) in [5.74, 6) is 0.585. The molecule has 0 N–H and O–H groups in total. The number of methoxy groups -OCH3 is 1. The van der Waals surface area contributed by atoms with Crippen molar-refractivity contribution < 1.29 is 9.13 Å². The Balaban J connectivity index is 1.51. The predicted octanol–water partition coefficient (Wildman–Crippen LogP) is 4.74. The summed E-state index contributed by atoms with van der Waals surface area (Å²) in [5, 5.41) is 0. The van der Waals surface area contributed by atoms with Crippen molar-refractivity contribution in [2.75, 3.05) is 7.11 Å². The van der Waals surface area contributed by atoms with Gasteiger partial charge in [-0.15, -0.1) is 0 Å². The van der Waals surface area contributed by atoms with Gasteiger partial charge in [-0.05, 0) is 49.4 Å². The average Bonchev–Trinajstić information content (AvgIpc) is 2.85. The van der Waals surface area contributed by atoms with Crippen LogP contribution in [0.3, 0.4) is 0 Å². The van der Waals surface area contributed by atoms with Crippen LogP contribution in [0, 0.1) is 5.82 Å². The zero-order valence-corrected chi connectivity index (χ0v) is 14.6. The van der Waals surface area contributed by atoms with Crippen LogP contribution in [0.4, 0.5) is 4.39 Å². The molecule has 3 heteroatoms. The fraction of sp³-hybridized carbons (Fsp3) is 0.364. The van der Waals surface area contributed by atoms with Crippen molar-refractivity contribution in [3.63, 3.8) is 0 Å². The van der Waals surface area contributed by atoms with Gasteiger partial charge in [0.1, 0.15) is 11.6 Å². The third-order valence-corrected chi connectivity index (χ3v) is 5.48. The maximum absolute atomic E-state index is 13.6. The second-order valence-electron chi connectivity index (χ2n) is 7.12. The summed E-state index contributed by atoms with van der Waals surface area (Å²) < 4.78 is 19.0. The molecule has 2 aliphatic heterocycles. The molecule has 2 aromatic carbocycles. The first-order valence-electron chi connectivity index (χ1n) is 9.04. The van der Waals surface area contributed by atoms with E-state index < -0.39 is 0 Å². The van der Waals surface area contributed by atoms with Crippen molar-refractivity contribution >= 4 is 0 Å². The molecule has 25 heavy (non-hydrogen) atoms. The molecule has 0 saturated carbocycles. The van der Waals surface area contributed by atoms with E-state index in [1.54, 1.807) is 19.2 Å². The first-order chi connectivity index (χ1) is 12.2. The third-order valence-electron chi connectivity index (χ3n) is 5.48. The van der Waals surface area contributed by atoms with Crippen molar-refractivity contribution in [3.8, 4) is 5.75 Å². The Hall–Kier alpha value is -2.13. The minimum atomic E-state index is -0.194. The maximum Gasteiger partial charge on any atom is 0.123 e. The molecule has 0 amide bonds. The number of hydrogen-bond donors (Lipinski definition) is 0. The molecule has 2 nitrogen and oxygen atoms in total. The van der Waals surface area contributed by atoms with E-state index >= 15 is 0 Å². The molecule has 1 fully saturated rings. The topological polar surface area (TPSA) is 12.5 Å². The molecule has 2 unspecified atom stereocenters.